The van der Waals surface area contributed by atoms with Crippen LogP contribution in [0.25, 0.3) is 6.08 Å². The number of rotatable bonds is 7. The number of ether oxygens (including phenoxy) is 2. The van der Waals surface area contributed by atoms with Crippen molar-refractivity contribution in [3.05, 3.63) is 58.2 Å². The van der Waals surface area contributed by atoms with Gasteiger partial charge in [-0.2, -0.15) is 4.31 Å². The van der Waals surface area contributed by atoms with Gasteiger partial charge in [0.2, 0.25) is 10.0 Å². The Kier molecular flexibility index (Phi) is 8.21. The van der Waals surface area contributed by atoms with Crippen LogP contribution in [-0.2, 0) is 29.1 Å². The molecule has 0 aliphatic carbocycles. The Morgan fingerprint density at radius 3 is 2.53 bits per heavy atom. The van der Waals surface area contributed by atoms with Crippen LogP contribution in [0, 0.1) is 0 Å². The quantitative estimate of drug-likeness (QED) is 0.459. The number of halogens is 2. The molecule has 1 aromatic heterocycles. The van der Waals surface area contributed by atoms with Gasteiger partial charge in [-0.1, -0.05) is 35.3 Å². The molecule has 1 N–H and O–H groups in total. The van der Waals surface area contributed by atoms with Gasteiger partial charge in [0.05, 0.1) is 28.2 Å². The maximum Gasteiger partial charge on any atom is 0.331 e. The zero-order valence-electron chi connectivity index (χ0n) is 16.7. The van der Waals surface area contributed by atoms with Gasteiger partial charge < -0.3 is 14.8 Å². The first kappa shape index (κ1) is 24.1. The molecule has 1 aliphatic heterocycles. The van der Waals surface area contributed by atoms with Gasteiger partial charge in [-0.15, -0.1) is 0 Å². The molecule has 0 atom stereocenters. The van der Waals surface area contributed by atoms with E-state index in [1.165, 1.54) is 34.8 Å². The first-order valence-electron chi connectivity index (χ1n) is 9.39. The fourth-order valence-corrected chi connectivity index (χ4v) is 4.55. The van der Waals surface area contributed by atoms with E-state index in [-0.39, 0.29) is 15.7 Å². The maximum atomic E-state index is 12.6. The average Bonchev–Trinajstić information content (AvgIpc) is 2.79. The summed E-state index contributed by atoms with van der Waals surface area (Å²) in [5.74, 6) is -1.28. The summed E-state index contributed by atoms with van der Waals surface area (Å²) in [5, 5.41) is 2.87. The van der Waals surface area contributed by atoms with Crippen molar-refractivity contribution in [1.82, 2.24) is 9.29 Å². The standard InChI is InChI=1S/C20H19Cl2N3O6S/c21-15-11-17(22)20(23-12-15)24-18(26)13-31-19(27)6-3-14-1-4-16(5-2-14)32(28,29)25-7-9-30-10-8-25/h1-6,11-12H,7-10,13H2,(H,23,24,26)/b6-3+. The monoisotopic (exact) mass is 499 g/mol. The number of anilines is 1. The number of nitrogens with zero attached hydrogens (tertiary/aromatic N) is 2. The third-order valence-corrected chi connectivity index (χ3v) is 6.72. The molecular weight excluding hydrogens is 481 g/mol. The maximum absolute atomic E-state index is 12.6. The molecule has 0 spiro atoms. The molecule has 170 valence electrons. The molecule has 0 bridgehead atoms. The highest BCUT2D eigenvalue weighted by Crippen LogP contribution is 2.22. The lowest BCUT2D eigenvalue weighted by Crippen LogP contribution is -2.40. The third kappa shape index (κ3) is 6.50. The first-order chi connectivity index (χ1) is 15.3. The van der Waals surface area contributed by atoms with Gasteiger partial charge in [0.15, 0.2) is 12.4 Å². The molecule has 0 radical (unpaired) electrons. The van der Waals surface area contributed by atoms with Crippen LogP contribution in [0.1, 0.15) is 5.56 Å². The van der Waals surface area contributed by atoms with E-state index in [4.69, 9.17) is 32.7 Å². The number of morpholine rings is 1. The Bertz CT molecular complexity index is 1120. The van der Waals surface area contributed by atoms with Gasteiger partial charge in [-0.05, 0) is 29.8 Å². The number of carbonyl (C=O) groups is 2. The minimum Gasteiger partial charge on any atom is -0.452 e. The van der Waals surface area contributed by atoms with Crippen molar-refractivity contribution >= 4 is 57.0 Å². The van der Waals surface area contributed by atoms with Gasteiger partial charge in [0, 0.05) is 25.4 Å². The molecular formula is C20H19Cl2N3O6S. The number of hydrogen-bond acceptors (Lipinski definition) is 7. The predicted octanol–water partition coefficient (Wildman–Crippen LogP) is 2.60. The van der Waals surface area contributed by atoms with E-state index in [0.29, 0.717) is 36.9 Å². The lowest BCUT2D eigenvalue weighted by Gasteiger charge is -2.26. The predicted molar refractivity (Wildman–Crippen MR) is 119 cm³/mol. The van der Waals surface area contributed by atoms with Crippen LogP contribution in [0.5, 0.6) is 0 Å². The number of amides is 1. The summed E-state index contributed by atoms with van der Waals surface area (Å²) in [5.41, 5.74) is 0.587. The Morgan fingerprint density at radius 2 is 1.88 bits per heavy atom. The van der Waals surface area contributed by atoms with Crippen LogP contribution in [0.3, 0.4) is 0 Å². The van der Waals surface area contributed by atoms with Crippen molar-refractivity contribution in [3.8, 4) is 0 Å². The van der Waals surface area contributed by atoms with Crippen molar-refractivity contribution in [1.29, 1.82) is 0 Å². The summed E-state index contributed by atoms with van der Waals surface area (Å²) in [4.78, 5) is 27.8. The first-order valence-corrected chi connectivity index (χ1v) is 11.6. The second-order valence-corrected chi connectivity index (χ2v) is 9.34. The second-order valence-electron chi connectivity index (χ2n) is 6.56. The molecule has 2 aromatic rings. The molecule has 12 heteroatoms. The minimum absolute atomic E-state index is 0.0970. The van der Waals surface area contributed by atoms with E-state index in [2.05, 4.69) is 10.3 Å². The molecule has 32 heavy (non-hydrogen) atoms. The largest absolute Gasteiger partial charge is 0.452 e. The average molecular weight is 500 g/mol. The van der Waals surface area contributed by atoms with E-state index in [1.54, 1.807) is 12.1 Å². The zero-order chi connectivity index (χ0) is 23.1. The topological polar surface area (TPSA) is 115 Å². The van der Waals surface area contributed by atoms with Crippen LogP contribution >= 0.6 is 23.2 Å². The van der Waals surface area contributed by atoms with Crippen molar-refractivity contribution in [2.24, 2.45) is 0 Å². The molecule has 9 nitrogen and oxygen atoms in total. The van der Waals surface area contributed by atoms with Crippen molar-refractivity contribution in [2.45, 2.75) is 4.90 Å². The molecule has 1 aliphatic rings. The van der Waals surface area contributed by atoms with E-state index in [0.717, 1.165) is 6.08 Å². The van der Waals surface area contributed by atoms with Crippen LogP contribution in [-0.4, -0.2) is 62.5 Å². The number of esters is 1. The van der Waals surface area contributed by atoms with Gasteiger partial charge in [0.1, 0.15) is 0 Å². The normalized spacial score (nSPS) is 14.9. The fraction of sp³-hybridized carbons (Fsp3) is 0.250. The lowest BCUT2D eigenvalue weighted by atomic mass is 10.2. The SMILES string of the molecule is O=C(COC(=O)/C=C/c1ccc(S(=O)(=O)N2CCOCC2)cc1)Nc1ncc(Cl)cc1Cl. The van der Waals surface area contributed by atoms with Crippen LogP contribution in [0.4, 0.5) is 5.82 Å². The number of benzene rings is 1. The van der Waals surface area contributed by atoms with Crippen LogP contribution in [0.15, 0.2) is 47.5 Å². The Balaban J connectivity index is 1.51. The third-order valence-electron chi connectivity index (χ3n) is 4.31. The zero-order valence-corrected chi connectivity index (χ0v) is 19.0. The smallest absolute Gasteiger partial charge is 0.331 e. The van der Waals surface area contributed by atoms with Gasteiger partial charge in [-0.3, -0.25) is 4.79 Å². The summed E-state index contributed by atoms with van der Waals surface area (Å²) in [6, 6.07) is 7.48. The molecule has 1 amide bonds. The fourth-order valence-electron chi connectivity index (χ4n) is 2.71. The van der Waals surface area contributed by atoms with E-state index in [1.807, 2.05) is 0 Å². The minimum atomic E-state index is -3.59. The number of aromatic nitrogens is 1. The van der Waals surface area contributed by atoms with E-state index < -0.39 is 28.5 Å². The summed E-state index contributed by atoms with van der Waals surface area (Å²) in [6.45, 7) is 0.806. The Morgan fingerprint density at radius 1 is 1.19 bits per heavy atom. The highest BCUT2D eigenvalue weighted by atomic mass is 35.5. The molecule has 1 fully saturated rings. The van der Waals surface area contributed by atoms with Gasteiger partial charge in [0.25, 0.3) is 5.91 Å². The highest BCUT2D eigenvalue weighted by molar-refractivity contribution is 7.89. The Labute approximate surface area is 195 Å². The van der Waals surface area contributed by atoms with Gasteiger partial charge in [-0.25, -0.2) is 18.2 Å². The molecule has 3 rings (SSSR count). The number of nitrogens with one attached hydrogen (secondary N) is 1. The molecule has 1 aromatic carbocycles. The lowest BCUT2D eigenvalue weighted by molar-refractivity contribution is -0.142. The number of pyridine rings is 1. The van der Waals surface area contributed by atoms with Gasteiger partial charge >= 0.3 is 5.97 Å². The van der Waals surface area contributed by atoms with Crippen LogP contribution in [0.2, 0.25) is 10.0 Å². The number of carbonyl (C=O) groups excluding carboxylic acids is 2. The summed E-state index contributed by atoms with van der Waals surface area (Å²) < 4.78 is 36.6. The number of sulfonamides is 1. The second kappa shape index (κ2) is 10.9. The highest BCUT2D eigenvalue weighted by Gasteiger charge is 2.25. The molecule has 1 saturated heterocycles. The van der Waals surface area contributed by atoms with Crippen LogP contribution < -0.4 is 5.32 Å². The summed E-state index contributed by atoms with van der Waals surface area (Å²) >= 11 is 11.6. The molecule has 2 heterocycles. The molecule has 0 saturated carbocycles. The van der Waals surface area contributed by atoms with Crippen molar-refractivity contribution < 1.29 is 27.5 Å². The van der Waals surface area contributed by atoms with Crippen molar-refractivity contribution in [3.63, 3.8) is 0 Å². The Hall–Kier alpha value is -2.50. The number of hydrogen-bond donors (Lipinski definition) is 1. The van der Waals surface area contributed by atoms with Crippen molar-refractivity contribution in [2.75, 3.05) is 38.2 Å². The van der Waals surface area contributed by atoms with E-state index in [9.17, 15) is 18.0 Å². The molecule has 0 unspecified atom stereocenters. The van der Waals surface area contributed by atoms with E-state index >= 15 is 0 Å². The summed E-state index contributed by atoms with van der Waals surface area (Å²) in [6.07, 6.45) is 3.89. The summed E-state index contributed by atoms with van der Waals surface area (Å²) in [7, 11) is -3.59.